The second-order valence-electron chi connectivity index (χ2n) is 4.99. The third-order valence-electron chi connectivity index (χ3n) is 3.36. The van der Waals surface area contributed by atoms with E-state index < -0.39 is 5.69 Å². The van der Waals surface area contributed by atoms with Crippen molar-refractivity contribution in [3.8, 4) is 5.75 Å². The van der Waals surface area contributed by atoms with E-state index in [-0.39, 0.29) is 11.6 Å². The van der Waals surface area contributed by atoms with Gasteiger partial charge in [0.25, 0.3) is 0 Å². The number of nitrogens with two attached hydrogens (primary N) is 2. The Morgan fingerprint density at radius 2 is 1.91 bits per heavy atom. The fourth-order valence-electron chi connectivity index (χ4n) is 2.21. The van der Waals surface area contributed by atoms with Crippen molar-refractivity contribution in [1.82, 2.24) is 9.97 Å². The molecule has 0 saturated heterocycles. The van der Waals surface area contributed by atoms with Gasteiger partial charge in [-0.05, 0) is 40.6 Å². The number of aromatic amines is 1. The minimum atomic E-state index is -0.490. The van der Waals surface area contributed by atoms with Gasteiger partial charge in [-0.2, -0.15) is 4.98 Å². The van der Waals surface area contributed by atoms with Crippen LogP contribution in [0, 0.1) is 0 Å². The molecule has 0 atom stereocenters. The van der Waals surface area contributed by atoms with Gasteiger partial charge in [0.05, 0.1) is 5.70 Å². The molecule has 0 spiro atoms. The number of phenolic OH excluding ortho intramolecular Hbond substituents is 1. The van der Waals surface area contributed by atoms with Crippen LogP contribution in [0.25, 0.3) is 16.5 Å². The Hall–Kier alpha value is -3.32. The topological polar surface area (TPSA) is 121 Å². The third-order valence-corrected chi connectivity index (χ3v) is 3.36. The van der Waals surface area contributed by atoms with Crippen LogP contribution < -0.4 is 22.3 Å². The molecule has 0 aliphatic heterocycles. The van der Waals surface area contributed by atoms with Crippen molar-refractivity contribution >= 4 is 22.3 Å². The maximum atomic E-state index is 11.2. The molecule has 2 aromatic carbocycles. The quantitative estimate of drug-likeness (QED) is 0.427. The number of hydrogen-bond donors (Lipinski definition) is 4. The third kappa shape index (κ3) is 3.14. The number of anilines is 1. The van der Waals surface area contributed by atoms with E-state index in [2.05, 4.69) is 9.97 Å². The number of aromatic nitrogens is 2. The van der Waals surface area contributed by atoms with E-state index in [1.54, 1.807) is 24.3 Å². The van der Waals surface area contributed by atoms with Crippen molar-refractivity contribution in [2.75, 3.05) is 5.01 Å². The van der Waals surface area contributed by atoms with Gasteiger partial charge >= 0.3 is 5.69 Å². The summed E-state index contributed by atoms with van der Waals surface area (Å²) in [6.45, 7) is 0. The molecule has 1 heterocycles. The van der Waals surface area contributed by atoms with Crippen molar-refractivity contribution in [2.45, 2.75) is 0 Å². The highest BCUT2D eigenvalue weighted by molar-refractivity contribution is 5.87. The zero-order valence-corrected chi connectivity index (χ0v) is 12.1. The number of aromatic hydroxyl groups is 1. The molecule has 0 fully saturated rings. The Morgan fingerprint density at radius 3 is 2.70 bits per heavy atom. The normalized spacial score (nSPS) is 11.6. The van der Waals surface area contributed by atoms with E-state index >= 15 is 0 Å². The molecule has 3 rings (SSSR count). The van der Waals surface area contributed by atoms with Crippen LogP contribution in [0.15, 0.2) is 59.7 Å². The highest BCUT2D eigenvalue weighted by Gasteiger charge is 2.05. The van der Waals surface area contributed by atoms with Crippen LogP contribution in [0.4, 0.5) is 5.82 Å². The molecule has 7 nitrogen and oxygen atoms in total. The van der Waals surface area contributed by atoms with Crippen molar-refractivity contribution < 1.29 is 5.11 Å². The lowest BCUT2D eigenvalue weighted by Gasteiger charge is -2.13. The van der Waals surface area contributed by atoms with Crippen LogP contribution in [0.3, 0.4) is 0 Å². The summed E-state index contributed by atoms with van der Waals surface area (Å²) in [7, 11) is 0. The molecule has 0 bridgehead atoms. The minimum absolute atomic E-state index is 0.210. The molecule has 7 heteroatoms. The number of rotatable bonds is 3. The molecule has 0 aliphatic rings. The van der Waals surface area contributed by atoms with E-state index in [1.807, 2.05) is 18.2 Å². The van der Waals surface area contributed by atoms with Crippen LogP contribution in [0.2, 0.25) is 0 Å². The zero-order chi connectivity index (χ0) is 16.4. The lowest BCUT2D eigenvalue weighted by molar-refractivity contribution is 0.476. The molecule has 23 heavy (non-hydrogen) atoms. The molecule has 3 aromatic rings. The van der Waals surface area contributed by atoms with Gasteiger partial charge in [0, 0.05) is 12.4 Å². The van der Waals surface area contributed by atoms with E-state index in [0.29, 0.717) is 5.70 Å². The second kappa shape index (κ2) is 5.82. The van der Waals surface area contributed by atoms with Crippen molar-refractivity contribution in [2.24, 2.45) is 11.6 Å². The Kier molecular flexibility index (Phi) is 3.70. The molecule has 0 aliphatic carbocycles. The molecule has 0 amide bonds. The fourth-order valence-corrected chi connectivity index (χ4v) is 2.21. The predicted molar refractivity (Wildman–Crippen MR) is 89.3 cm³/mol. The fraction of sp³-hybridized carbons (Fsp3) is 0. The number of nitrogens with one attached hydrogen (secondary N) is 1. The first kappa shape index (κ1) is 14.6. The summed E-state index contributed by atoms with van der Waals surface area (Å²) in [5.74, 6) is 6.35. The van der Waals surface area contributed by atoms with E-state index in [4.69, 9.17) is 11.6 Å². The first-order valence-corrected chi connectivity index (χ1v) is 6.83. The summed E-state index contributed by atoms with van der Waals surface area (Å²) in [6, 6.07) is 12.2. The average Bonchev–Trinajstić information content (AvgIpc) is 2.54. The van der Waals surface area contributed by atoms with Gasteiger partial charge in [-0.25, -0.2) is 10.6 Å². The molecular weight excluding hydrogens is 294 g/mol. The van der Waals surface area contributed by atoms with Crippen molar-refractivity contribution in [3.63, 3.8) is 0 Å². The van der Waals surface area contributed by atoms with E-state index in [1.165, 1.54) is 17.4 Å². The number of fused-ring (bicyclic) bond motifs is 1. The van der Waals surface area contributed by atoms with Gasteiger partial charge in [0.15, 0.2) is 5.82 Å². The standard InChI is InChI=1S/C16H15N5O2/c17-14(9-21(18)15-5-6-19-16(23)20-15)12-2-1-11-8-13(22)4-3-10(11)7-12/h1-9,22H,17-18H2,(H,19,20,23)/b14-9-. The second-order valence-corrected chi connectivity index (χ2v) is 4.99. The smallest absolute Gasteiger partial charge is 0.346 e. The number of nitrogens with zero attached hydrogens (tertiary/aromatic N) is 2. The summed E-state index contributed by atoms with van der Waals surface area (Å²) in [5, 5.41) is 12.5. The van der Waals surface area contributed by atoms with Crippen molar-refractivity contribution in [1.29, 1.82) is 0 Å². The molecule has 0 unspecified atom stereocenters. The first-order chi connectivity index (χ1) is 11.0. The summed E-state index contributed by atoms with van der Waals surface area (Å²) in [4.78, 5) is 17.4. The SMILES string of the molecule is N/C(=C\N(N)c1cc[nH]c(=O)n1)c1ccc2cc(O)ccc2c1. The molecule has 0 saturated carbocycles. The molecule has 116 valence electrons. The van der Waals surface area contributed by atoms with Gasteiger partial charge < -0.3 is 15.8 Å². The Balaban J connectivity index is 1.94. The molecule has 0 radical (unpaired) electrons. The van der Waals surface area contributed by atoms with Crippen LogP contribution >= 0.6 is 0 Å². The maximum Gasteiger partial charge on any atom is 0.346 e. The number of H-pyrrole nitrogens is 1. The number of hydrazine groups is 1. The summed E-state index contributed by atoms with van der Waals surface area (Å²) in [6.07, 6.45) is 2.94. The number of hydrogen-bond acceptors (Lipinski definition) is 6. The first-order valence-electron chi connectivity index (χ1n) is 6.83. The van der Waals surface area contributed by atoms with Gasteiger partial charge in [0.1, 0.15) is 5.75 Å². The average molecular weight is 309 g/mol. The minimum Gasteiger partial charge on any atom is -0.508 e. The van der Waals surface area contributed by atoms with Crippen LogP contribution in [0.1, 0.15) is 5.56 Å². The lowest BCUT2D eigenvalue weighted by Crippen LogP contribution is -2.28. The molecule has 6 N–H and O–H groups in total. The lowest BCUT2D eigenvalue weighted by atomic mass is 10.1. The monoisotopic (exact) mass is 309 g/mol. The predicted octanol–water partition coefficient (Wildman–Crippen LogP) is 1.27. The van der Waals surface area contributed by atoms with E-state index in [9.17, 15) is 9.90 Å². The summed E-state index contributed by atoms with van der Waals surface area (Å²) in [5.41, 5.74) is 6.77. The summed E-state index contributed by atoms with van der Waals surface area (Å²) < 4.78 is 0. The molecule has 1 aromatic heterocycles. The van der Waals surface area contributed by atoms with Gasteiger partial charge in [-0.1, -0.05) is 18.2 Å². The highest BCUT2D eigenvalue weighted by atomic mass is 16.3. The van der Waals surface area contributed by atoms with Gasteiger partial charge in [-0.15, -0.1) is 0 Å². The Morgan fingerprint density at radius 1 is 1.17 bits per heavy atom. The van der Waals surface area contributed by atoms with Gasteiger partial charge in [0.2, 0.25) is 0 Å². The number of phenols is 1. The maximum absolute atomic E-state index is 11.2. The molecular formula is C16H15N5O2. The Labute approximate surface area is 131 Å². The zero-order valence-electron chi connectivity index (χ0n) is 12.1. The highest BCUT2D eigenvalue weighted by Crippen LogP contribution is 2.23. The Bertz CT molecular complexity index is 948. The van der Waals surface area contributed by atoms with Crippen LogP contribution in [-0.2, 0) is 0 Å². The number of benzene rings is 2. The van der Waals surface area contributed by atoms with Crippen molar-refractivity contribution in [3.05, 3.63) is 70.9 Å². The van der Waals surface area contributed by atoms with E-state index in [0.717, 1.165) is 16.3 Å². The summed E-state index contributed by atoms with van der Waals surface area (Å²) >= 11 is 0. The van der Waals surface area contributed by atoms with Crippen LogP contribution in [-0.4, -0.2) is 15.1 Å². The van der Waals surface area contributed by atoms with Crippen LogP contribution in [0.5, 0.6) is 5.75 Å². The van der Waals surface area contributed by atoms with Gasteiger partial charge in [-0.3, -0.25) is 5.01 Å². The largest absolute Gasteiger partial charge is 0.508 e.